The first-order chi connectivity index (χ1) is 23.6. The van der Waals surface area contributed by atoms with E-state index in [1.165, 1.54) is 21.3 Å². The van der Waals surface area contributed by atoms with Crippen LogP contribution in [0.15, 0.2) is 118 Å². The van der Waals surface area contributed by atoms with E-state index in [1.807, 2.05) is 24.3 Å². The van der Waals surface area contributed by atoms with Crippen molar-refractivity contribution in [3.05, 3.63) is 125 Å². The molecule has 6 nitrogen and oxygen atoms in total. The van der Waals surface area contributed by atoms with Crippen LogP contribution < -0.4 is 10.7 Å². The largest absolute Gasteiger partial charge is 0.426 e. The van der Waals surface area contributed by atoms with Crippen molar-refractivity contribution in [2.45, 2.75) is 77.7 Å². The highest BCUT2D eigenvalue weighted by atomic mass is 16.4. The van der Waals surface area contributed by atoms with Crippen molar-refractivity contribution in [1.29, 1.82) is 0 Å². The van der Waals surface area contributed by atoms with Gasteiger partial charge in [0.25, 0.3) is 0 Å². The predicted molar refractivity (Wildman–Crippen MR) is 200 cm³/mol. The van der Waals surface area contributed by atoms with E-state index in [4.69, 9.17) is 4.42 Å². The Morgan fingerprint density at radius 1 is 0.729 bits per heavy atom. The van der Waals surface area contributed by atoms with E-state index in [0.29, 0.717) is 17.5 Å². The number of para-hydroxylation sites is 1. The van der Waals surface area contributed by atoms with Crippen molar-refractivity contribution < 1.29 is 9.21 Å². The van der Waals surface area contributed by atoms with Gasteiger partial charge in [0.2, 0.25) is 5.91 Å². The lowest BCUT2D eigenvalue weighted by Gasteiger charge is -2.36. The second-order valence-corrected chi connectivity index (χ2v) is 12.7. The first kappa shape index (κ1) is 34.9. The number of fused-ring (bicyclic) bond motifs is 1. The number of benzene rings is 3. The summed E-state index contributed by atoms with van der Waals surface area (Å²) < 4.78 is 6.97. The molecule has 1 aromatic heterocycles. The molecule has 0 spiro atoms. The Morgan fingerprint density at radius 2 is 1.42 bits per heavy atom. The highest BCUT2D eigenvalue weighted by molar-refractivity contribution is 5.94. The summed E-state index contributed by atoms with van der Waals surface area (Å²) in [6, 6.07) is 25.0. The summed E-state index contributed by atoms with van der Waals surface area (Å²) in [7, 11) is 0. The van der Waals surface area contributed by atoms with Crippen LogP contribution in [0.25, 0.3) is 22.2 Å². The average molecular weight is 646 g/mol. The van der Waals surface area contributed by atoms with Crippen molar-refractivity contribution >= 4 is 22.7 Å². The van der Waals surface area contributed by atoms with Crippen LogP contribution in [0.1, 0.15) is 81.5 Å². The fourth-order valence-electron chi connectivity index (χ4n) is 6.40. The fourth-order valence-corrected chi connectivity index (χ4v) is 6.40. The lowest BCUT2D eigenvalue weighted by molar-refractivity contribution is 0.0895. The summed E-state index contributed by atoms with van der Waals surface area (Å²) in [5.41, 5.74) is 5.74. The van der Waals surface area contributed by atoms with Crippen molar-refractivity contribution in [2.75, 3.05) is 31.1 Å². The van der Waals surface area contributed by atoms with Gasteiger partial charge in [-0.3, -0.25) is 9.69 Å². The van der Waals surface area contributed by atoms with E-state index in [2.05, 4.69) is 102 Å². The van der Waals surface area contributed by atoms with Crippen molar-refractivity contribution in [3.63, 3.8) is 0 Å². The molecule has 48 heavy (non-hydrogen) atoms. The summed E-state index contributed by atoms with van der Waals surface area (Å²) >= 11 is 0. The fraction of sp³-hybridized carbons (Fsp3) is 0.381. The number of carbonyl (C=O) groups excluding carboxylic acids is 1. The topological polar surface area (TPSA) is 58.7 Å². The van der Waals surface area contributed by atoms with Crippen molar-refractivity contribution in [3.8, 4) is 11.1 Å². The van der Waals surface area contributed by atoms with Gasteiger partial charge in [-0.25, -0.2) is 9.36 Å². The number of aromatic nitrogens is 1. The SMILES string of the molecule is CC/C=C\C/C=C\C/C=C\CCCCCCCC(=O)n1c(=O)oc2c(N3CCN(Cc4cccc(-c5ccccc5)c4)CC3)cccc21. The maximum atomic E-state index is 13.2. The molecule has 1 aliphatic rings. The van der Waals surface area contributed by atoms with Gasteiger partial charge in [0.05, 0.1) is 5.69 Å². The minimum absolute atomic E-state index is 0.181. The summed E-state index contributed by atoms with van der Waals surface area (Å²) in [6.45, 7) is 6.50. The maximum absolute atomic E-state index is 13.2. The molecule has 1 aliphatic heterocycles. The molecule has 0 atom stereocenters. The number of nitrogens with zero attached hydrogens (tertiary/aromatic N) is 3. The quantitative estimate of drug-likeness (QED) is 0.0845. The Labute approximate surface area is 286 Å². The molecule has 1 saturated heterocycles. The molecule has 0 N–H and O–H groups in total. The van der Waals surface area contributed by atoms with E-state index in [-0.39, 0.29) is 5.91 Å². The van der Waals surface area contributed by atoms with Crippen LogP contribution in [0, 0.1) is 0 Å². The molecule has 0 unspecified atom stereocenters. The third-order valence-corrected chi connectivity index (χ3v) is 9.03. The Bertz CT molecular complexity index is 1720. The molecule has 0 saturated carbocycles. The molecule has 0 bridgehead atoms. The molecule has 4 aromatic rings. The van der Waals surface area contributed by atoms with Gasteiger partial charge in [-0.15, -0.1) is 0 Å². The number of anilines is 1. The van der Waals surface area contributed by atoms with Crippen LogP contribution in [0.2, 0.25) is 0 Å². The van der Waals surface area contributed by atoms with Gasteiger partial charge in [0.15, 0.2) is 5.58 Å². The molecule has 0 radical (unpaired) electrons. The lowest BCUT2D eigenvalue weighted by Crippen LogP contribution is -2.46. The number of hydrogen-bond donors (Lipinski definition) is 0. The number of hydrogen-bond acceptors (Lipinski definition) is 5. The normalized spacial score (nSPS) is 14.3. The van der Waals surface area contributed by atoms with E-state index in [1.54, 1.807) is 0 Å². The summed E-state index contributed by atoms with van der Waals surface area (Å²) in [6.07, 6.45) is 23.1. The van der Waals surface area contributed by atoms with E-state index in [9.17, 15) is 9.59 Å². The molecule has 5 rings (SSSR count). The zero-order chi connectivity index (χ0) is 33.4. The molecular formula is C42H51N3O3. The number of rotatable bonds is 17. The van der Waals surface area contributed by atoms with Gasteiger partial charge < -0.3 is 9.32 Å². The second kappa shape index (κ2) is 18.8. The molecule has 2 heterocycles. The molecule has 1 fully saturated rings. The molecular weight excluding hydrogens is 594 g/mol. The van der Waals surface area contributed by atoms with Crippen molar-refractivity contribution in [2.24, 2.45) is 0 Å². The average Bonchev–Trinajstić information content (AvgIpc) is 3.46. The number of oxazole rings is 1. The zero-order valence-electron chi connectivity index (χ0n) is 28.6. The molecule has 3 aromatic carbocycles. The van der Waals surface area contributed by atoms with Gasteiger partial charge in [-0.2, -0.15) is 0 Å². The third-order valence-electron chi connectivity index (χ3n) is 9.03. The molecule has 6 heteroatoms. The molecule has 252 valence electrons. The van der Waals surface area contributed by atoms with Crippen molar-refractivity contribution in [1.82, 2.24) is 9.47 Å². The van der Waals surface area contributed by atoms with Gasteiger partial charge in [0.1, 0.15) is 5.52 Å². The highest BCUT2D eigenvalue weighted by Gasteiger charge is 2.23. The number of allylic oxidation sites excluding steroid dienone is 6. The van der Waals surface area contributed by atoms with Crippen LogP contribution in [-0.2, 0) is 6.54 Å². The Kier molecular flexibility index (Phi) is 13.7. The minimum atomic E-state index is -0.585. The molecule has 0 amide bonds. The maximum Gasteiger partial charge on any atom is 0.426 e. The van der Waals surface area contributed by atoms with Gasteiger partial charge in [-0.05, 0) is 73.4 Å². The first-order valence-electron chi connectivity index (χ1n) is 17.9. The summed E-state index contributed by atoms with van der Waals surface area (Å²) in [4.78, 5) is 30.8. The van der Waals surface area contributed by atoms with Gasteiger partial charge >= 0.3 is 5.76 Å². The number of piperazine rings is 1. The van der Waals surface area contributed by atoms with Crippen LogP contribution in [0.3, 0.4) is 0 Å². The highest BCUT2D eigenvalue weighted by Crippen LogP contribution is 2.28. The van der Waals surface area contributed by atoms with E-state index < -0.39 is 5.76 Å². The third kappa shape index (κ3) is 10.0. The van der Waals surface area contributed by atoms with Gasteiger partial charge in [0, 0.05) is 39.1 Å². The van der Waals surface area contributed by atoms with Crippen LogP contribution in [0.4, 0.5) is 5.69 Å². The first-order valence-corrected chi connectivity index (χ1v) is 17.9. The standard InChI is InChI=1S/C42H51N3O3/c1-2-3-4-5-6-7-8-9-10-11-12-13-14-15-19-28-40(46)45-39-27-21-26-38(41(39)48-42(45)47)44-31-29-43(30-32-44)34-35-22-20-25-37(33-35)36-23-17-16-18-24-36/h3-4,6-7,9-10,16-18,20-27,33H,2,5,8,11-15,19,28-32,34H2,1H3/b4-3-,7-6-,10-9-. The Morgan fingerprint density at radius 3 is 2.21 bits per heavy atom. The smallest absolute Gasteiger partial charge is 0.405 e. The van der Waals surface area contributed by atoms with E-state index >= 15 is 0 Å². The predicted octanol–water partition coefficient (Wildman–Crippen LogP) is 9.81. The Hall–Kier alpha value is -4.42. The lowest BCUT2D eigenvalue weighted by atomic mass is 10.0. The number of carbonyl (C=O) groups is 1. The van der Waals surface area contributed by atoms with E-state index in [0.717, 1.165) is 96.2 Å². The molecule has 0 aliphatic carbocycles. The summed E-state index contributed by atoms with van der Waals surface area (Å²) in [5.74, 6) is -0.766. The summed E-state index contributed by atoms with van der Waals surface area (Å²) in [5, 5.41) is 0. The monoisotopic (exact) mass is 645 g/mol. The van der Waals surface area contributed by atoms with Crippen LogP contribution in [0.5, 0.6) is 0 Å². The van der Waals surface area contributed by atoms with Gasteiger partial charge in [-0.1, -0.05) is 117 Å². The minimum Gasteiger partial charge on any atom is -0.405 e. The number of unbranched alkanes of at least 4 members (excludes halogenated alkanes) is 5. The zero-order valence-corrected chi connectivity index (χ0v) is 28.6. The van der Waals surface area contributed by atoms with Crippen LogP contribution >= 0.6 is 0 Å². The Balaban J connectivity index is 1.05. The van der Waals surface area contributed by atoms with Crippen LogP contribution in [-0.4, -0.2) is 41.6 Å². The second-order valence-electron chi connectivity index (χ2n) is 12.7.